The molecule has 13 heteroatoms. The summed E-state index contributed by atoms with van der Waals surface area (Å²) in [5, 5.41) is 21.1. The predicted octanol–water partition coefficient (Wildman–Crippen LogP) is 8.11. The van der Waals surface area contributed by atoms with Crippen molar-refractivity contribution in [3.05, 3.63) is 191 Å². The number of carbonyl (C=O) groups excluding carboxylic acids is 2. The summed E-state index contributed by atoms with van der Waals surface area (Å²) in [6.07, 6.45) is 0. The Morgan fingerprint density at radius 2 is 1.26 bits per heavy atom. The molecule has 0 aliphatic heterocycles. The van der Waals surface area contributed by atoms with Crippen molar-refractivity contribution < 1.29 is 27.5 Å². The zero-order valence-corrected chi connectivity index (χ0v) is 31.3. The van der Waals surface area contributed by atoms with Gasteiger partial charge in [-0.1, -0.05) is 140 Å². The van der Waals surface area contributed by atoms with Crippen molar-refractivity contribution >= 4 is 17.7 Å². The van der Waals surface area contributed by atoms with Gasteiger partial charge in [-0.15, -0.1) is 5.10 Å². The Bertz CT molecular complexity index is 2370. The second kappa shape index (κ2) is 17.8. The molecule has 7 aromatic rings. The maximum atomic E-state index is 14.1. The minimum atomic E-state index is -1.28. The smallest absolute Gasteiger partial charge is 0.324 e. The molecule has 58 heavy (non-hydrogen) atoms. The second-order valence-electron chi connectivity index (χ2n) is 13.2. The molecule has 6 aromatic carbocycles. The summed E-state index contributed by atoms with van der Waals surface area (Å²) in [6.45, 7) is 1.68. The van der Waals surface area contributed by atoms with Crippen LogP contribution in [0, 0.1) is 17.5 Å². The molecule has 1 aromatic heterocycles. The maximum absolute atomic E-state index is 14.1. The van der Waals surface area contributed by atoms with Crippen LogP contribution in [0.4, 0.5) is 23.7 Å². The van der Waals surface area contributed by atoms with E-state index in [0.717, 1.165) is 38.9 Å². The highest BCUT2D eigenvalue weighted by molar-refractivity contribution is 5.90. The first-order chi connectivity index (χ1) is 28.3. The van der Waals surface area contributed by atoms with Crippen molar-refractivity contribution in [2.45, 2.75) is 25.0 Å². The van der Waals surface area contributed by atoms with E-state index in [1.807, 2.05) is 113 Å². The van der Waals surface area contributed by atoms with E-state index >= 15 is 0 Å². The van der Waals surface area contributed by atoms with Gasteiger partial charge in [0.2, 0.25) is 0 Å². The van der Waals surface area contributed by atoms with Gasteiger partial charge in [0.1, 0.15) is 23.1 Å². The Hall–Kier alpha value is -7.12. The van der Waals surface area contributed by atoms with Gasteiger partial charge in [0.25, 0.3) is 0 Å². The van der Waals surface area contributed by atoms with Gasteiger partial charge in [0.15, 0.2) is 17.5 Å². The molecule has 0 fully saturated rings. The summed E-state index contributed by atoms with van der Waals surface area (Å²) in [5.74, 6) is -3.77. The topological polar surface area (TPSA) is 123 Å². The Labute approximate surface area is 332 Å². The van der Waals surface area contributed by atoms with E-state index in [2.05, 4.69) is 57.3 Å². The third kappa shape index (κ3) is 8.20. The maximum Gasteiger partial charge on any atom is 0.324 e. The fourth-order valence-electron chi connectivity index (χ4n) is 6.95. The molecule has 0 saturated carbocycles. The highest BCUT2D eigenvalue weighted by Gasteiger charge is 2.42. The van der Waals surface area contributed by atoms with Gasteiger partial charge in [0, 0.05) is 30.8 Å². The molecule has 1 unspecified atom stereocenters. The molecule has 2 amide bonds. The number of hydrogen-bond donors (Lipinski definition) is 3. The van der Waals surface area contributed by atoms with Gasteiger partial charge in [0.05, 0.1) is 6.61 Å². The molecule has 0 spiro atoms. The predicted molar refractivity (Wildman–Crippen MR) is 214 cm³/mol. The molecule has 0 radical (unpaired) electrons. The number of benzene rings is 6. The number of nitrogens with zero attached hydrogens (tertiary/aromatic N) is 4. The number of carbonyl (C=O) groups is 2. The quantitative estimate of drug-likeness (QED) is 0.0753. The van der Waals surface area contributed by atoms with Crippen molar-refractivity contribution in [1.29, 1.82) is 0 Å². The van der Waals surface area contributed by atoms with E-state index in [1.54, 1.807) is 6.92 Å². The van der Waals surface area contributed by atoms with Gasteiger partial charge >= 0.3 is 12.0 Å². The molecule has 1 atom stereocenters. The van der Waals surface area contributed by atoms with E-state index in [9.17, 15) is 22.8 Å². The summed E-state index contributed by atoms with van der Waals surface area (Å²) in [5.41, 5.74) is 4.56. The molecule has 0 aliphatic carbocycles. The average Bonchev–Trinajstić information content (AvgIpc) is 3.74. The zero-order chi connectivity index (χ0) is 40.5. The van der Waals surface area contributed by atoms with Crippen molar-refractivity contribution in [3.8, 4) is 22.5 Å². The molecular formula is C45H38F3N7O3. The van der Waals surface area contributed by atoms with E-state index in [4.69, 9.17) is 9.95 Å². The standard InChI is InChI=1S/C45H38F3N7O3/c1-2-58-43(56)40(29-50-44(57)51-41-38(47)26-35(46)27-39(41)48)49-28-30-22-24-31(25-23-30)36-20-12-13-21-37(36)42-52-53-54-55(42)45(32-14-6-3-7-15-32,33-16-8-4-9-17-33)34-18-10-5-11-19-34/h3-27,40,49H,2,28-29H2,1H3,(H2,50,51,57). The Morgan fingerprint density at radius 3 is 1.81 bits per heavy atom. The van der Waals surface area contributed by atoms with E-state index in [-0.39, 0.29) is 19.7 Å². The number of anilines is 1. The number of hydrogen-bond acceptors (Lipinski definition) is 7. The van der Waals surface area contributed by atoms with Crippen LogP contribution in [0.2, 0.25) is 0 Å². The number of amides is 2. The molecule has 3 N–H and O–H groups in total. The van der Waals surface area contributed by atoms with Crippen LogP contribution in [0.3, 0.4) is 0 Å². The molecular weight excluding hydrogens is 744 g/mol. The number of aromatic nitrogens is 4. The Kier molecular flexibility index (Phi) is 12.0. The highest BCUT2D eigenvalue weighted by Crippen LogP contribution is 2.43. The van der Waals surface area contributed by atoms with Crippen molar-refractivity contribution in [2.75, 3.05) is 18.5 Å². The summed E-state index contributed by atoms with van der Waals surface area (Å²) in [4.78, 5) is 25.3. The van der Waals surface area contributed by atoms with Crippen molar-refractivity contribution in [3.63, 3.8) is 0 Å². The molecule has 0 aliphatic rings. The average molecular weight is 782 g/mol. The van der Waals surface area contributed by atoms with Gasteiger partial charge in [-0.2, -0.15) is 0 Å². The first-order valence-corrected chi connectivity index (χ1v) is 18.5. The van der Waals surface area contributed by atoms with Crippen molar-refractivity contribution in [1.82, 2.24) is 30.8 Å². The van der Waals surface area contributed by atoms with E-state index in [0.29, 0.717) is 18.0 Å². The Balaban J connectivity index is 1.15. The third-order valence-corrected chi connectivity index (χ3v) is 9.63. The first kappa shape index (κ1) is 39.1. The number of ether oxygens (including phenoxy) is 1. The van der Waals surface area contributed by atoms with E-state index in [1.165, 1.54) is 0 Å². The Morgan fingerprint density at radius 1 is 0.724 bits per heavy atom. The lowest BCUT2D eigenvalue weighted by molar-refractivity contribution is -0.145. The fourth-order valence-corrected chi connectivity index (χ4v) is 6.95. The fraction of sp³-hybridized carbons (Fsp3) is 0.133. The van der Waals surface area contributed by atoms with Gasteiger partial charge in [-0.25, -0.2) is 22.6 Å². The number of halogens is 3. The summed E-state index contributed by atoms with van der Waals surface area (Å²) in [6, 6.07) is 45.0. The van der Waals surface area contributed by atoms with Crippen molar-refractivity contribution in [2.24, 2.45) is 0 Å². The molecule has 7 rings (SSSR count). The molecule has 0 saturated heterocycles. The number of esters is 1. The highest BCUT2D eigenvalue weighted by atomic mass is 19.1. The summed E-state index contributed by atoms with van der Waals surface area (Å²) < 4.78 is 48.5. The van der Waals surface area contributed by atoms with Gasteiger partial charge < -0.3 is 15.4 Å². The van der Waals surface area contributed by atoms with Crippen LogP contribution in [-0.2, 0) is 21.6 Å². The van der Waals surface area contributed by atoms with E-state index < -0.39 is 46.7 Å². The lowest BCUT2D eigenvalue weighted by atomic mass is 9.77. The number of tetrazole rings is 1. The van der Waals surface area contributed by atoms with Crippen LogP contribution < -0.4 is 16.0 Å². The third-order valence-electron chi connectivity index (χ3n) is 9.63. The van der Waals surface area contributed by atoms with Crippen LogP contribution in [0.25, 0.3) is 22.5 Å². The number of rotatable bonds is 14. The van der Waals surface area contributed by atoms with Crippen LogP contribution in [0.15, 0.2) is 152 Å². The van der Waals surface area contributed by atoms with Crippen LogP contribution in [0.1, 0.15) is 29.2 Å². The number of nitrogens with one attached hydrogen (secondary N) is 3. The molecule has 1 heterocycles. The molecule has 0 bridgehead atoms. The van der Waals surface area contributed by atoms with Crippen LogP contribution in [0.5, 0.6) is 0 Å². The van der Waals surface area contributed by atoms with Crippen LogP contribution in [-0.4, -0.2) is 51.4 Å². The zero-order valence-electron chi connectivity index (χ0n) is 31.3. The minimum Gasteiger partial charge on any atom is -0.465 e. The van der Waals surface area contributed by atoms with Gasteiger partial charge in [-0.3, -0.25) is 10.1 Å². The normalized spacial score (nSPS) is 11.8. The first-order valence-electron chi connectivity index (χ1n) is 18.5. The second-order valence-corrected chi connectivity index (χ2v) is 13.2. The molecule has 292 valence electrons. The molecule has 10 nitrogen and oxygen atoms in total. The largest absolute Gasteiger partial charge is 0.465 e. The van der Waals surface area contributed by atoms with Gasteiger partial charge in [-0.05, 0) is 50.7 Å². The SMILES string of the molecule is CCOC(=O)C(CNC(=O)Nc1c(F)cc(F)cc1F)NCc1ccc(-c2ccccc2-c2nnnn2C(c2ccccc2)(c2ccccc2)c2ccccc2)cc1. The minimum absolute atomic E-state index is 0.0930. The van der Waals surface area contributed by atoms with Crippen LogP contribution >= 0.6 is 0 Å². The lowest BCUT2D eigenvalue weighted by Gasteiger charge is -2.36. The summed E-state index contributed by atoms with van der Waals surface area (Å²) in [7, 11) is 0. The lowest BCUT2D eigenvalue weighted by Crippen LogP contribution is -2.47. The monoisotopic (exact) mass is 781 g/mol. The summed E-state index contributed by atoms with van der Waals surface area (Å²) >= 11 is 0. The number of urea groups is 1.